The molecule has 0 spiro atoms. The highest BCUT2D eigenvalue weighted by atomic mass is 16.5. The molecule has 126 valence electrons. The van der Waals surface area contributed by atoms with Crippen LogP contribution in [-0.4, -0.2) is 36.6 Å². The van der Waals surface area contributed by atoms with E-state index in [0.29, 0.717) is 12.2 Å². The largest absolute Gasteiger partial charge is 0.367 e. The number of ether oxygens (including phenoxy) is 1. The van der Waals surface area contributed by atoms with Crippen LogP contribution in [0.4, 0.5) is 5.69 Å². The maximum Gasteiger partial charge on any atom is 0.269 e. The fraction of sp³-hybridized carbons (Fsp3) is 0.368. The first-order valence-corrected chi connectivity index (χ1v) is 8.37. The van der Waals surface area contributed by atoms with E-state index in [1.165, 1.54) is 5.56 Å². The number of hydrogen-bond donors (Lipinski definition) is 1. The quantitative estimate of drug-likeness (QED) is 0.939. The van der Waals surface area contributed by atoms with Gasteiger partial charge in [-0.05, 0) is 31.5 Å². The average molecular weight is 325 g/mol. The topological polar surface area (TPSA) is 54.5 Å². The maximum atomic E-state index is 12.0. The Hall–Kier alpha value is -2.40. The molecule has 0 saturated carbocycles. The van der Waals surface area contributed by atoms with E-state index in [-0.39, 0.29) is 18.1 Å². The molecule has 2 aromatic rings. The van der Waals surface area contributed by atoms with Gasteiger partial charge in [0, 0.05) is 31.5 Å². The van der Waals surface area contributed by atoms with Crippen LogP contribution in [0.1, 0.15) is 36.0 Å². The van der Waals surface area contributed by atoms with Gasteiger partial charge < -0.3 is 15.0 Å². The molecule has 1 aliphatic heterocycles. The van der Waals surface area contributed by atoms with Gasteiger partial charge in [-0.15, -0.1) is 0 Å². The molecule has 24 heavy (non-hydrogen) atoms. The molecule has 5 nitrogen and oxygen atoms in total. The number of benzene rings is 1. The van der Waals surface area contributed by atoms with E-state index in [2.05, 4.69) is 34.3 Å². The predicted octanol–water partition coefficient (Wildman–Crippen LogP) is 2.80. The summed E-state index contributed by atoms with van der Waals surface area (Å²) in [6, 6.07) is 14.0. The lowest BCUT2D eigenvalue weighted by Crippen LogP contribution is -2.43. The summed E-state index contributed by atoms with van der Waals surface area (Å²) < 4.78 is 6.10. The number of morpholine rings is 1. The monoisotopic (exact) mass is 325 g/mol. The number of aromatic nitrogens is 1. The summed E-state index contributed by atoms with van der Waals surface area (Å²) in [5.41, 5.74) is 2.62. The van der Waals surface area contributed by atoms with E-state index in [9.17, 15) is 4.79 Å². The molecule has 1 amide bonds. The van der Waals surface area contributed by atoms with E-state index in [1.807, 2.05) is 37.3 Å². The zero-order valence-corrected chi connectivity index (χ0v) is 14.1. The third-order valence-corrected chi connectivity index (χ3v) is 4.11. The SMILES string of the molecule is CCNC(=O)c1cc(N2CC(C)OC(c3ccccc3)C2)ccn1. The zero-order valence-electron chi connectivity index (χ0n) is 14.1. The molecule has 1 aromatic heterocycles. The Labute approximate surface area is 142 Å². The summed E-state index contributed by atoms with van der Waals surface area (Å²) >= 11 is 0. The number of carbonyl (C=O) groups excluding carboxylic acids is 1. The van der Waals surface area contributed by atoms with Crippen LogP contribution in [0.5, 0.6) is 0 Å². The third kappa shape index (κ3) is 3.74. The Bertz CT molecular complexity index is 690. The minimum Gasteiger partial charge on any atom is -0.367 e. The van der Waals surface area contributed by atoms with E-state index >= 15 is 0 Å². The van der Waals surface area contributed by atoms with E-state index in [0.717, 1.165) is 18.8 Å². The third-order valence-electron chi connectivity index (χ3n) is 4.11. The van der Waals surface area contributed by atoms with Crippen molar-refractivity contribution in [2.45, 2.75) is 26.1 Å². The van der Waals surface area contributed by atoms with E-state index in [4.69, 9.17) is 4.74 Å². The molecule has 2 heterocycles. The molecule has 2 atom stereocenters. The van der Waals surface area contributed by atoms with Gasteiger partial charge in [0.15, 0.2) is 0 Å². The van der Waals surface area contributed by atoms with Crippen molar-refractivity contribution in [3.8, 4) is 0 Å². The Kier molecular flexibility index (Phi) is 5.11. The molecule has 3 rings (SSSR count). The number of anilines is 1. The van der Waals surface area contributed by atoms with Crippen molar-refractivity contribution in [2.75, 3.05) is 24.5 Å². The number of pyridine rings is 1. The number of amides is 1. The standard InChI is InChI=1S/C19H23N3O2/c1-3-20-19(23)17-11-16(9-10-21-17)22-12-14(2)24-18(13-22)15-7-5-4-6-8-15/h4-11,14,18H,3,12-13H2,1-2H3,(H,20,23). The van der Waals surface area contributed by atoms with Crippen LogP contribution < -0.4 is 10.2 Å². The first-order valence-electron chi connectivity index (χ1n) is 8.37. The van der Waals surface area contributed by atoms with Gasteiger partial charge in [-0.1, -0.05) is 30.3 Å². The lowest BCUT2D eigenvalue weighted by atomic mass is 10.1. The summed E-state index contributed by atoms with van der Waals surface area (Å²) in [4.78, 5) is 18.5. The Morgan fingerprint density at radius 3 is 2.83 bits per heavy atom. The highest BCUT2D eigenvalue weighted by Gasteiger charge is 2.27. The number of rotatable bonds is 4. The van der Waals surface area contributed by atoms with Crippen LogP contribution in [0.2, 0.25) is 0 Å². The first-order chi connectivity index (χ1) is 11.7. The summed E-state index contributed by atoms with van der Waals surface area (Å²) in [5.74, 6) is -0.139. The van der Waals surface area contributed by atoms with Crippen molar-refractivity contribution in [3.05, 3.63) is 59.9 Å². The van der Waals surface area contributed by atoms with E-state index < -0.39 is 0 Å². The van der Waals surface area contributed by atoms with Gasteiger partial charge in [-0.3, -0.25) is 9.78 Å². The van der Waals surface area contributed by atoms with Crippen molar-refractivity contribution >= 4 is 11.6 Å². The predicted molar refractivity (Wildman–Crippen MR) is 94.2 cm³/mol. The van der Waals surface area contributed by atoms with Gasteiger partial charge in [-0.2, -0.15) is 0 Å². The van der Waals surface area contributed by atoms with Crippen molar-refractivity contribution in [2.24, 2.45) is 0 Å². The second kappa shape index (κ2) is 7.45. The molecule has 1 N–H and O–H groups in total. The van der Waals surface area contributed by atoms with Crippen molar-refractivity contribution in [1.82, 2.24) is 10.3 Å². The van der Waals surface area contributed by atoms with E-state index in [1.54, 1.807) is 6.20 Å². The molecule has 2 unspecified atom stereocenters. The smallest absolute Gasteiger partial charge is 0.269 e. The summed E-state index contributed by atoms with van der Waals surface area (Å²) in [5, 5.41) is 2.79. The van der Waals surface area contributed by atoms with Gasteiger partial charge in [0.2, 0.25) is 0 Å². The van der Waals surface area contributed by atoms with Crippen molar-refractivity contribution in [1.29, 1.82) is 0 Å². The zero-order chi connectivity index (χ0) is 16.9. The summed E-state index contributed by atoms with van der Waals surface area (Å²) in [6.07, 6.45) is 1.83. The van der Waals surface area contributed by atoms with Gasteiger partial charge in [0.05, 0.1) is 6.10 Å². The molecule has 0 radical (unpaired) electrons. The average Bonchev–Trinajstić information content (AvgIpc) is 2.62. The molecule has 1 aromatic carbocycles. The number of nitrogens with zero attached hydrogens (tertiary/aromatic N) is 2. The maximum absolute atomic E-state index is 12.0. The number of carbonyl (C=O) groups is 1. The first kappa shape index (κ1) is 16.5. The lowest BCUT2D eigenvalue weighted by Gasteiger charge is -2.38. The van der Waals surface area contributed by atoms with Crippen LogP contribution in [0, 0.1) is 0 Å². The fourth-order valence-electron chi connectivity index (χ4n) is 3.01. The second-order valence-electron chi connectivity index (χ2n) is 6.01. The van der Waals surface area contributed by atoms with Crippen molar-refractivity contribution < 1.29 is 9.53 Å². The van der Waals surface area contributed by atoms with Crippen molar-refractivity contribution in [3.63, 3.8) is 0 Å². The Morgan fingerprint density at radius 1 is 1.29 bits per heavy atom. The molecule has 0 bridgehead atoms. The normalized spacial score (nSPS) is 20.7. The molecule has 0 aliphatic carbocycles. The fourth-order valence-corrected chi connectivity index (χ4v) is 3.01. The lowest BCUT2D eigenvalue weighted by molar-refractivity contribution is -0.0173. The van der Waals surface area contributed by atoms with Crippen LogP contribution in [0.15, 0.2) is 48.7 Å². The minimum atomic E-state index is -0.139. The summed E-state index contributed by atoms with van der Waals surface area (Å²) in [6.45, 7) is 6.12. The minimum absolute atomic E-state index is 0.0241. The molecule has 1 aliphatic rings. The van der Waals surface area contributed by atoms with Crippen LogP contribution in [0.3, 0.4) is 0 Å². The van der Waals surface area contributed by atoms with Gasteiger partial charge in [0.25, 0.3) is 5.91 Å². The summed E-state index contributed by atoms with van der Waals surface area (Å²) in [7, 11) is 0. The van der Waals surface area contributed by atoms with Gasteiger partial charge >= 0.3 is 0 Å². The number of nitrogens with one attached hydrogen (secondary N) is 1. The molecule has 1 saturated heterocycles. The van der Waals surface area contributed by atoms with Crippen LogP contribution >= 0.6 is 0 Å². The second-order valence-corrected chi connectivity index (χ2v) is 6.01. The molecule has 5 heteroatoms. The molecular formula is C19H23N3O2. The Morgan fingerprint density at radius 2 is 2.08 bits per heavy atom. The highest BCUT2D eigenvalue weighted by Crippen LogP contribution is 2.28. The van der Waals surface area contributed by atoms with Gasteiger partial charge in [0.1, 0.15) is 11.8 Å². The Balaban J connectivity index is 1.81. The highest BCUT2D eigenvalue weighted by molar-refractivity contribution is 5.93. The van der Waals surface area contributed by atoms with Crippen LogP contribution in [-0.2, 0) is 4.74 Å². The molecule has 1 fully saturated rings. The molecular weight excluding hydrogens is 302 g/mol. The van der Waals surface area contributed by atoms with Gasteiger partial charge in [-0.25, -0.2) is 0 Å². The number of hydrogen-bond acceptors (Lipinski definition) is 4. The van der Waals surface area contributed by atoms with Crippen LogP contribution in [0.25, 0.3) is 0 Å².